The lowest BCUT2D eigenvalue weighted by atomic mass is 9.87. The highest BCUT2D eigenvalue weighted by atomic mass is 35.5. The van der Waals surface area contributed by atoms with Gasteiger partial charge < -0.3 is 14.9 Å². The second-order valence-electron chi connectivity index (χ2n) is 13.8. The largest absolute Gasteiger partial charge is 0.480 e. The number of rotatable bonds is 11. The molecule has 0 saturated carbocycles. The number of aryl methyl sites for hydroxylation is 2. The number of aliphatic carboxylic acids is 1. The molecule has 0 aliphatic carbocycles. The number of aromatic nitrogens is 2. The standard InChI is InChI=1S/C39H45ClN4O3/c1-26(2)29-13-8-27(9-14-29)12-21-34-33(23-41-38(42-34)44-22-6-7-35(44)30-15-19-32(40)20-16-30)37(47)43(25-36(45)46)24-28-10-17-31(18-11-28)39(3,4)5/h8-11,13-20,23,26,35H,6-7,12,21-22,24-25H2,1-5H3,(H,45,46)/t35-/m1/s1. The molecular weight excluding hydrogens is 608 g/mol. The predicted molar refractivity (Wildman–Crippen MR) is 188 cm³/mol. The zero-order chi connectivity index (χ0) is 33.7. The lowest BCUT2D eigenvalue weighted by Gasteiger charge is -2.27. The summed E-state index contributed by atoms with van der Waals surface area (Å²) in [5.41, 5.74) is 6.54. The highest BCUT2D eigenvalue weighted by Gasteiger charge is 2.30. The van der Waals surface area contributed by atoms with Gasteiger partial charge in [-0.05, 0) is 77.0 Å². The smallest absolute Gasteiger partial charge is 0.323 e. The fourth-order valence-corrected chi connectivity index (χ4v) is 6.27. The maximum Gasteiger partial charge on any atom is 0.323 e. The van der Waals surface area contributed by atoms with E-state index >= 15 is 0 Å². The van der Waals surface area contributed by atoms with E-state index in [0.717, 1.165) is 36.1 Å². The Kier molecular flexibility index (Phi) is 10.7. The van der Waals surface area contributed by atoms with Gasteiger partial charge in [0.25, 0.3) is 5.91 Å². The Bertz CT molecular complexity index is 1680. The van der Waals surface area contributed by atoms with Gasteiger partial charge in [-0.2, -0.15) is 0 Å². The molecule has 47 heavy (non-hydrogen) atoms. The Morgan fingerprint density at radius 1 is 0.957 bits per heavy atom. The number of anilines is 1. The molecular formula is C39H45ClN4O3. The van der Waals surface area contributed by atoms with Crippen LogP contribution in [0.4, 0.5) is 5.95 Å². The lowest BCUT2D eigenvalue weighted by Crippen LogP contribution is -2.36. The van der Waals surface area contributed by atoms with Crippen LogP contribution in [0.25, 0.3) is 0 Å². The molecule has 4 aromatic rings. The summed E-state index contributed by atoms with van der Waals surface area (Å²) >= 11 is 6.17. The van der Waals surface area contributed by atoms with E-state index in [-0.39, 0.29) is 23.9 Å². The van der Waals surface area contributed by atoms with Gasteiger partial charge in [-0.15, -0.1) is 0 Å². The van der Waals surface area contributed by atoms with Gasteiger partial charge in [0.05, 0.1) is 17.3 Å². The minimum absolute atomic E-state index is 0.0138. The third-order valence-electron chi connectivity index (χ3n) is 8.95. The van der Waals surface area contributed by atoms with E-state index < -0.39 is 12.5 Å². The highest BCUT2D eigenvalue weighted by molar-refractivity contribution is 6.30. The van der Waals surface area contributed by atoms with Gasteiger partial charge in [0.1, 0.15) is 6.54 Å². The van der Waals surface area contributed by atoms with E-state index in [4.69, 9.17) is 21.6 Å². The molecule has 0 spiro atoms. The number of nitrogens with zero attached hydrogens (tertiary/aromatic N) is 4. The van der Waals surface area contributed by atoms with Crippen LogP contribution in [0.3, 0.4) is 0 Å². The molecule has 1 atom stereocenters. The number of carbonyl (C=O) groups excluding carboxylic acids is 1. The van der Waals surface area contributed by atoms with E-state index in [1.807, 2.05) is 48.5 Å². The first-order valence-corrected chi connectivity index (χ1v) is 16.8. The number of amides is 1. The average molecular weight is 653 g/mol. The molecule has 1 saturated heterocycles. The van der Waals surface area contributed by atoms with Crippen LogP contribution >= 0.6 is 11.6 Å². The number of halogens is 1. The van der Waals surface area contributed by atoms with Gasteiger partial charge in [0.2, 0.25) is 5.95 Å². The normalized spacial score (nSPS) is 14.9. The van der Waals surface area contributed by atoms with Crippen molar-refractivity contribution in [1.29, 1.82) is 0 Å². The molecule has 5 rings (SSSR count). The van der Waals surface area contributed by atoms with Crippen LogP contribution in [0.2, 0.25) is 5.02 Å². The maximum atomic E-state index is 14.2. The summed E-state index contributed by atoms with van der Waals surface area (Å²) in [4.78, 5) is 39.5. The van der Waals surface area contributed by atoms with Gasteiger partial charge in [-0.3, -0.25) is 9.59 Å². The van der Waals surface area contributed by atoms with Crippen LogP contribution in [0, 0.1) is 0 Å². The molecule has 1 aliphatic heterocycles. The molecule has 0 bridgehead atoms. The van der Waals surface area contributed by atoms with Gasteiger partial charge >= 0.3 is 5.97 Å². The molecule has 3 aromatic carbocycles. The van der Waals surface area contributed by atoms with Crippen LogP contribution in [0.15, 0.2) is 79.0 Å². The fraction of sp³-hybridized carbons (Fsp3) is 0.385. The van der Waals surface area contributed by atoms with Gasteiger partial charge in [0, 0.05) is 24.3 Å². The highest BCUT2D eigenvalue weighted by Crippen LogP contribution is 2.35. The number of hydrogen-bond acceptors (Lipinski definition) is 5. The molecule has 1 aliphatic rings. The third kappa shape index (κ3) is 8.58. The topological polar surface area (TPSA) is 86.6 Å². The van der Waals surface area contributed by atoms with E-state index in [0.29, 0.717) is 41.0 Å². The van der Waals surface area contributed by atoms with Crippen molar-refractivity contribution in [2.45, 2.75) is 84.2 Å². The molecule has 1 N–H and O–H groups in total. The molecule has 8 heteroatoms. The lowest BCUT2D eigenvalue weighted by molar-refractivity contribution is -0.137. The molecule has 2 heterocycles. The first-order valence-electron chi connectivity index (χ1n) is 16.5. The Balaban J connectivity index is 1.47. The van der Waals surface area contributed by atoms with Crippen molar-refractivity contribution >= 4 is 29.4 Å². The molecule has 0 unspecified atom stereocenters. The SMILES string of the molecule is CC(C)c1ccc(CCc2nc(N3CCC[C@@H]3c3ccc(Cl)cc3)ncc2C(=O)N(CC(=O)O)Cc2ccc(C(C)(C)C)cc2)cc1. The molecule has 7 nitrogen and oxygen atoms in total. The predicted octanol–water partition coefficient (Wildman–Crippen LogP) is 8.40. The van der Waals surface area contributed by atoms with Crippen molar-refractivity contribution in [3.63, 3.8) is 0 Å². The second-order valence-corrected chi connectivity index (χ2v) is 14.3. The quantitative estimate of drug-likeness (QED) is 0.175. The summed E-state index contributed by atoms with van der Waals surface area (Å²) in [7, 11) is 0. The Morgan fingerprint density at radius 2 is 1.62 bits per heavy atom. The maximum absolute atomic E-state index is 14.2. The number of carbonyl (C=O) groups is 2. The van der Waals surface area contributed by atoms with Crippen LogP contribution in [0.1, 0.15) is 103 Å². The van der Waals surface area contributed by atoms with Crippen molar-refractivity contribution in [3.05, 3.63) is 123 Å². The summed E-state index contributed by atoms with van der Waals surface area (Å²) in [5, 5.41) is 10.5. The van der Waals surface area contributed by atoms with E-state index in [2.05, 4.69) is 63.8 Å². The Morgan fingerprint density at radius 3 is 2.23 bits per heavy atom. The van der Waals surface area contributed by atoms with Gasteiger partial charge in [-0.1, -0.05) is 107 Å². The fourth-order valence-electron chi connectivity index (χ4n) is 6.15. The summed E-state index contributed by atoms with van der Waals surface area (Å²) in [6.07, 6.45) is 4.75. The van der Waals surface area contributed by atoms with E-state index in [9.17, 15) is 14.7 Å². The van der Waals surface area contributed by atoms with Crippen molar-refractivity contribution in [2.24, 2.45) is 0 Å². The van der Waals surface area contributed by atoms with Crippen LogP contribution in [0.5, 0.6) is 0 Å². The third-order valence-corrected chi connectivity index (χ3v) is 9.21. The summed E-state index contributed by atoms with van der Waals surface area (Å²) in [5.74, 6) is -0.445. The number of carboxylic acid groups (broad SMARTS) is 1. The molecule has 1 amide bonds. The minimum atomic E-state index is -1.07. The number of carboxylic acids is 1. The van der Waals surface area contributed by atoms with Crippen molar-refractivity contribution in [2.75, 3.05) is 18.0 Å². The number of benzene rings is 3. The summed E-state index contributed by atoms with van der Waals surface area (Å²) in [6.45, 7) is 11.3. The average Bonchev–Trinajstić information content (AvgIpc) is 3.53. The first kappa shape index (κ1) is 34.1. The van der Waals surface area contributed by atoms with Crippen molar-refractivity contribution in [1.82, 2.24) is 14.9 Å². The summed E-state index contributed by atoms with van der Waals surface area (Å²) in [6, 6.07) is 24.6. The van der Waals surface area contributed by atoms with Gasteiger partial charge in [0.15, 0.2) is 0 Å². The Hall–Kier alpha value is -4.23. The molecule has 1 aromatic heterocycles. The summed E-state index contributed by atoms with van der Waals surface area (Å²) < 4.78 is 0. The second kappa shape index (κ2) is 14.7. The van der Waals surface area contributed by atoms with Crippen LogP contribution in [-0.4, -0.2) is 44.9 Å². The monoisotopic (exact) mass is 652 g/mol. The first-order chi connectivity index (χ1) is 22.4. The van der Waals surface area contributed by atoms with Crippen molar-refractivity contribution < 1.29 is 14.7 Å². The number of hydrogen-bond donors (Lipinski definition) is 1. The zero-order valence-electron chi connectivity index (χ0n) is 28.0. The van der Waals surface area contributed by atoms with Crippen LogP contribution < -0.4 is 4.90 Å². The Labute approximate surface area is 283 Å². The zero-order valence-corrected chi connectivity index (χ0v) is 28.8. The van der Waals surface area contributed by atoms with Crippen molar-refractivity contribution in [3.8, 4) is 0 Å². The van der Waals surface area contributed by atoms with E-state index in [1.165, 1.54) is 16.0 Å². The van der Waals surface area contributed by atoms with Gasteiger partial charge in [-0.25, -0.2) is 9.97 Å². The van der Waals surface area contributed by atoms with E-state index in [1.54, 1.807) is 6.20 Å². The molecule has 246 valence electrons. The minimum Gasteiger partial charge on any atom is -0.480 e. The van der Waals surface area contributed by atoms with Crippen LogP contribution in [-0.2, 0) is 29.6 Å². The molecule has 0 radical (unpaired) electrons. The molecule has 1 fully saturated rings.